The van der Waals surface area contributed by atoms with Crippen LogP contribution >= 0.6 is 0 Å². The maximum absolute atomic E-state index is 12.2. The van der Waals surface area contributed by atoms with E-state index >= 15 is 0 Å². The maximum Gasteiger partial charge on any atom is 0.297 e. The van der Waals surface area contributed by atoms with Crippen molar-refractivity contribution in [3.8, 4) is 0 Å². The minimum Gasteiger partial charge on any atom is -0.279 e. The Labute approximate surface area is 65.9 Å². The standard InChI is InChI=1S/C6H4F2N4/c7-5(8)6-11-10-4-3-9-1-2-12(4)6/h1-3,5H. The van der Waals surface area contributed by atoms with E-state index < -0.39 is 6.43 Å². The third-order valence-corrected chi connectivity index (χ3v) is 1.44. The summed E-state index contributed by atoms with van der Waals surface area (Å²) in [6.45, 7) is 0. The van der Waals surface area contributed by atoms with E-state index in [0.29, 0.717) is 5.65 Å². The molecule has 6 heteroatoms. The molecule has 0 unspecified atom stereocenters. The number of fused-ring (bicyclic) bond motifs is 1. The summed E-state index contributed by atoms with van der Waals surface area (Å²) in [5.74, 6) is -0.354. The van der Waals surface area contributed by atoms with Gasteiger partial charge in [-0.1, -0.05) is 0 Å². The fourth-order valence-electron chi connectivity index (χ4n) is 0.921. The van der Waals surface area contributed by atoms with Crippen LogP contribution in [0.25, 0.3) is 5.65 Å². The predicted molar refractivity (Wildman–Crippen MR) is 35.7 cm³/mol. The van der Waals surface area contributed by atoms with E-state index in [-0.39, 0.29) is 5.82 Å². The third kappa shape index (κ3) is 0.919. The van der Waals surface area contributed by atoms with E-state index in [1.165, 1.54) is 23.0 Å². The molecule has 0 N–H and O–H groups in total. The van der Waals surface area contributed by atoms with Crippen molar-refractivity contribution >= 4 is 5.65 Å². The molecule has 0 radical (unpaired) electrons. The molecule has 0 saturated heterocycles. The predicted octanol–water partition coefficient (Wildman–Crippen LogP) is 1.06. The number of alkyl halides is 2. The lowest BCUT2D eigenvalue weighted by atomic mass is 10.6. The molecule has 0 saturated carbocycles. The van der Waals surface area contributed by atoms with E-state index in [4.69, 9.17) is 0 Å². The molecule has 0 aliphatic rings. The monoisotopic (exact) mass is 170 g/mol. The summed E-state index contributed by atoms with van der Waals surface area (Å²) in [7, 11) is 0. The Hall–Kier alpha value is -1.59. The Morgan fingerprint density at radius 2 is 2.17 bits per heavy atom. The van der Waals surface area contributed by atoms with Gasteiger partial charge in [0.1, 0.15) is 0 Å². The normalized spacial score (nSPS) is 11.2. The molecule has 0 bridgehead atoms. The van der Waals surface area contributed by atoms with Gasteiger partial charge in [0.05, 0.1) is 6.20 Å². The molecule has 2 rings (SSSR count). The zero-order valence-corrected chi connectivity index (χ0v) is 5.85. The van der Waals surface area contributed by atoms with Crippen molar-refractivity contribution in [1.82, 2.24) is 19.6 Å². The highest BCUT2D eigenvalue weighted by Crippen LogP contribution is 2.15. The van der Waals surface area contributed by atoms with Crippen molar-refractivity contribution in [1.29, 1.82) is 0 Å². The Morgan fingerprint density at radius 1 is 1.33 bits per heavy atom. The molecular formula is C6H4F2N4. The van der Waals surface area contributed by atoms with E-state index in [0.717, 1.165) is 0 Å². The highest BCUT2D eigenvalue weighted by atomic mass is 19.3. The fraction of sp³-hybridized carbons (Fsp3) is 0.167. The van der Waals surface area contributed by atoms with E-state index in [1.54, 1.807) is 0 Å². The van der Waals surface area contributed by atoms with Crippen molar-refractivity contribution < 1.29 is 8.78 Å². The van der Waals surface area contributed by atoms with Crippen molar-refractivity contribution in [2.24, 2.45) is 0 Å². The van der Waals surface area contributed by atoms with Crippen molar-refractivity contribution in [2.45, 2.75) is 6.43 Å². The summed E-state index contributed by atoms with van der Waals surface area (Å²) < 4.78 is 25.6. The molecule has 0 aliphatic carbocycles. The van der Waals surface area contributed by atoms with Gasteiger partial charge in [-0.15, -0.1) is 10.2 Å². The van der Waals surface area contributed by atoms with Gasteiger partial charge in [-0.3, -0.25) is 9.38 Å². The van der Waals surface area contributed by atoms with Crippen LogP contribution in [-0.4, -0.2) is 19.6 Å². The van der Waals surface area contributed by atoms with Gasteiger partial charge < -0.3 is 0 Å². The van der Waals surface area contributed by atoms with Gasteiger partial charge in [0.2, 0.25) is 5.82 Å². The first-order valence-corrected chi connectivity index (χ1v) is 3.22. The Bertz CT molecular complexity index is 397. The van der Waals surface area contributed by atoms with Gasteiger partial charge in [0, 0.05) is 12.4 Å². The summed E-state index contributed by atoms with van der Waals surface area (Å²) in [6.07, 6.45) is 1.57. The van der Waals surface area contributed by atoms with Crippen LogP contribution in [0.5, 0.6) is 0 Å². The molecule has 2 heterocycles. The molecule has 0 atom stereocenters. The molecule has 62 valence electrons. The van der Waals surface area contributed by atoms with E-state index in [9.17, 15) is 8.78 Å². The molecular weight excluding hydrogens is 166 g/mol. The number of aromatic nitrogens is 4. The molecule has 0 fully saturated rings. The molecule has 0 aromatic carbocycles. The number of halogens is 2. The zero-order valence-electron chi connectivity index (χ0n) is 5.85. The average molecular weight is 170 g/mol. The lowest BCUT2D eigenvalue weighted by Gasteiger charge is -1.94. The largest absolute Gasteiger partial charge is 0.297 e. The van der Waals surface area contributed by atoms with Gasteiger partial charge in [-0.25, -0.2) is 8.78 Å². The SMILES string of the molecule is FC(F)c1nnc2cnccn12. The average Bonchev–Trinajstić information content (AvgIpc) is 2.47. The maximum atomic E-state index is 12.2. The number of hydrogen-bond donors (Lipinski definition) is 0. The summed E-state index contributed by atoms with van der Waals surface area (Å²) in [4.78, 5) is 3.72. The Kier molecular flexibility index (Phi) is 1.46. The first-order valence-electron chi connectivity index (χ1n) is 3.22. The highest BCUT2D eigenvalue weighted by Gasteiger charge is 2.14. The van der Waals surface area contributed by atoms with Gasteiger partial charge in [0.25, 0.3) is 6.43 Å². The first kappa shape index (κ1) is 7.08. The lowest BCUT2D eigenvalue weighted by molar-refractivity contribution is 0.139. The minimum atomic E-state index is -2.61. The molecule has 0 amide bonds. The third-order valence-electron chi connectivity index (χ3n) is 1.44. The van der Waals surface area contributed by atoms with Crippen molar-refractivity contribution in [2.75, 3.05) is 0 Å². The van der Waals surface area contributed by atoms with Gasteiger partial charge >= 0.3 is 0 Å². The van der Waals surface area contributed by atoms with Crippen LogP contribution in [0.4, 0.5) is 8.78 Å². The fourth-order valence-corrected chi connectivity index (χ4v) is 0.921. The molecule has 2 aromatic heterocycles. The number of hydrogen-bond acceptors (Lipinski definition) is 3. The quantitative estimate of drug-likeness (QED) is 0.642. The summed E-state index contributed by atoms with van der Waals surface area (Å²) in [5.41, 5.74) is 0.327. The summed E-state index contributed by atoms with van der Waals surface area (Å²) in [5, 5.41) is 6.83. The van der Waals surface area contributed by atoms with Crippen LogP contribution in [-0.2, 0) is 0 Å². The lowest BCUT2D eigenvalue weighted by Crippen LogP contribution is -1.94. The molecule has 2 aromatic rings. The van der Waals surface area contributed by atoms with Crippen LogP contribution in [0.1, 0.15) is 12.2 Å². The second kappa shape index (κ2) is 2.47. The summed E-state index contributed by atoms with van der Waals surface area (Å²) >= 11 is 0. The van der Waals surface area contributed by atoms with Gasteiger partial charge in [-0.2, -0.15) is 0 Å². The second-order valence-corrected chi connectivity index (χ2v) is 2.16. The van der Waals surface area contributed by atoms with Crippen LogP contribution in [0.3, 0.4) is 0 Å². The highest BCUT2D eigenvalue weighted by molar-refractivity contribution is 5.33. The van der Waals surface area contributed by atoms with Crippen LogP contribution in [0.15, 0.2) is 18.6 Å². The van der Waals surface area contributed by atoms with Gasteiger partial charge in [0.15, 0.2) is 5.65 Å². The smallest absolute Gasteiger partial charge is 0.279 e. The number of rotatable bonds is 1. The summed E-state index contributed by atoms with van der Waals surface area (Å²) in [6, 6.07) is 0. The molecule has 0 spiro atoms. The second-order valence-electron chi connectivity index (χ2n) is 2.16. The zero-order chi connectivity index (χ0) is 8.55. The first-order chi connectivity index (χ1) is 5.79. The molecule has 12 heavy (non-hydrogen) atoms. The van der Waals surface area contributed by atoms with Gasteiger partial charge in [-0.05, 0) is 0 Å². The molecule has 4 nitrogen and oxygen atoms in total. The number of nitrogens with zero attached hydrogens (tertiary/aromatic N) is 4. The van der Waals surface area contributed by atoms with Crippen molar-refractivity contribution in [3.05, 3.63) is 24.4 Å². The van der Waals surface area contributed by atoms with Crippen LogP contribution < -0.4 is 0 Å². The minimum absolute atomic E-state index is 0.327. The van der Waals surface area contributed by atoms with Crippen molar-refractivity contribution in [3.63, 3.8) is 0 Å². The van der Waals surface area contributed by atoms with Crippen LogP contribution in [0.2, 0.25) is 0 Å². The molecule has 0 aliphatic heterocycles. The Balaban J connectivity index is 2.70. The van der Waals surface area contributed by atoms with E-state index in [2.05, 4.69) is 15.2 Å². The Morgan fingerprint density at radius 3 is 2.92 bits per heavy atom. The topological polar surface area (TPSA) is 43.1 Å². The van der Waals surface area contributed by atoms with E-state index in [1.807, 2.05) is 0 Å². The van der Waals surface area contributed by atoms with Crippen LogP contribution in [0, 0.1) is 0 Å².